The van der Waals surface area contributed by atoms with Crippen molar-refractivity contribution in [1.82, 2.24) is 0 Å². The number of halogens is 1. The first kappa shape index (κ1) is 10.4. The van der Waals surface area contributed by atoms with Gasteiger partial charge in [-0.05, 0) is 5.56 Å². The molecule has 2 nitrogen and oxygen atoms in total. The molecule has 0 amide bonds. The number of hydrogen-bond acceptors (Lipinski definition) is 2. The van der Waals surface area contributed by atoms with Gasteiger partial charge in [-0.15, -0.1) is 0 Å². The Balaban J connectivity index is 2.75. The van der Waals surface area contributed by atoms with E-state index in [2.05, 4.69) is 15.9 Å². The molecule has 1 aromatic carbocycles. The molecule has 0 radical (unpaired) electrons. The summed E-state index contributed by atoms with van der Waals surface area (Å²) < 4.78 is 0. The summed E-state index contributed by atoms with van der Waals surface area (Å²) >= 11 is 3.28. The van der Waals surface area contributed by atoms with E-state index in [1.807, 2.05) is 24.3 Å². The van der Waals surface area contributed by atoms with E-state index in [1.54, 1.807) is 12.1 Å². The van der Waals surface area contributed by atoms with Gasteiger partial charge in [0.15, 0.2) is 6.29 Å². The molecule has 13 heavy (non-hydrogen) atoms. The fraction of sp³-hybridized carbons (Fsp3) is 0.200. The average molecular weight is 243 g/mol. The molecule has 0 unspecified atom stereocenters. The van der Waals surface area contributed by atoms with Crippen molar-refractivity contribution in [2.75, 3.05) is 5.33 Å². The van der Waals surface area contributed by atoms with Crippen molar-refractivity contribution in [1.29, 1.82) is 0 Å². The standard InChI is InChI=1S/C10H11BrO2/c11-7-1-2-8-3-5-9(6-4-8)10(12)13/h1-6,10,12-13H,7H2/b2-1+. The van der Waals surface area contributed by atoms with Crippen LogP contribution in [0.15, 0.2) is 30.3 Å². The van der Waals surface area contributed by atoms with Gasteiger partial charge in [-0.25, -0.2) is 0 Å². The van der Waals surface area contributed by atoms with Crippen LogP contribution < -0.4 is 0 Å². The van der Waals surface area contributed by atoms with Crippen LogP contribution in [0.25, 0.3) is 6.08 Å². The lowest BCUT2D eigenvalue weighted by atomic mass is 10.1. The predicted molar refractivity (Wildman–Crippen MR) is 56.4 cm³/mol. The lowest BCUT2D eigenvalue weighted by molar-refractivity contribution is -0.0424. The Morgan fingerprint density at radius 1 is 1.23 bits per heavy atom. The van der Waals surface area contributed by atoms with Crippen LogP contribution in [-0.4, -0.2) is 15.5 Å². The molecule has 1 rings (SSSR count). The molecular formula is C10H11BrO2. The number of alkyl halides is 1. The molecule has 0 aliphatic carbocycles. The molecule has 0 saturated heterocycles. The second kappa shape index (κ2) is 5.17. The van der Waals surface area contributed by atoms with E-state index in [0.717, 1.165) is 10.9 Å². The summed E-state index contributed by atoms with van der Waals surface area (Å²) in [6.07, 6.45) is 2.56. The Kier molecular flexibility index (Phi) is 4.15. The van der Waals surface area contributed by atoms with E-state index in [9.17, 15) is 0 Å². The Morgan fingerprint density at radius 2 is 1.85 bits per heavy atom. The van der Waals surface area contributed by atoms with Crippen LogP contribution in [-0.2, 0) is 0 Å². The van der Waals surface area contributed by atoms with Gasteiger partial charge in [0, 0.05) is 10.9 Å². The third-order valence-corrected chi connectivity index (χ3v) is 2.01. The molecule has 0 spiro atoms. The summed E-state index contributed by atoms with van der Waals surface area (Å²) in [7, 11) is 0. The molecule has 0 bridgehead atoms. The summed E-state index contributed by atoms with van der Waals surface area (Å²) in [5.41, 5.74) is 1.56. The molecule has 1 aromatic rings. The van der Waals surface area contributed by atoms with Gasteiger partial charge in [-0.3, -0.25) is 0 Å². The first-order valence-corrected chi connectivity index (χ1v) is 5.05. The van der Waals surface area contributed by atoms with E-state index in [1.165, 1.54) is 0 Å². The summed E-state index contributed by atoms with van der Waals surface area (Å²) in [5, 5.41) is 18.5. The van der Waals surface area contributed by atoms with Gasteiger partial charge in [0.25, 0.3) is 0 Å². The van der Waals surface area contributed by atoms with E-state index in [0.29, 0.717) is 5.56 Å². The number of rotatable bonds is 3. The van der Waals surface area contributed by atoms with Crippen molar-refractivity contribution in [3.05, 3.63) is 41.5 Å². The van der Waals surface area contributed by atoms with Crippen LogP contribution in [0.1, 0.15) is 17.4 Å². The van der Waals surface area contributed by atoms with Crippen LogP contribution in [0.2, 0.25) is 0 Å². The maximum atomic E-state index is 8.82. The van der Waals surface area contributed by atoms with Crippen molar-refractivity contribution in [2.24, 2.45) is 0 Å². The monoisotopic (exact) mass is 242 g/mol. The van der Waals surface area contributed by atoms with Crippen molar-refractivity contribution < 1.29 is 10.2 Å². The number of aliphatic hydroxyl groups is 2. The lowest BCUT2D eigenvalue weighted by Gasteiger charge is -2.02. The van der Waals surface area contributed by atoms with Crippen LogP contribution in [0.5, 0.6) is 0 Å². The van der Waals surface area contributed by atoms with Gasteiger partial charge < -0.3 is 10.2 Å². The van der Waals surface area contributed by atoms with Crippen LogP contribution in [0, 0.1) is 0 Å². The molecule has 0 aliphatic rings. The van der Waals surface area contributed by atoms with Crippen molar-refractivity contribution in [2.45, 2.75) is 6.29 Å². The molecule has 0 heterocycles. The first-order chi connectivity index (χ1) is 6.24. The van der Waals surface area contributed by atoms with Gasteiger partial charge in [-0.1, -0.05) is 52.3 Å². The zero-order chi connectivity index (χ0) is 9.68. The summed E-state index contributed by atoms with van der Waals surface area (Å²) in [6, 6.07) is 7.07. The molecule has 2 N–H and O–H groups in total. The maximum absolute atomic E-state index is 8.82. The molecule has 70 valence electrons. The van der Waals surface area contributed by atoms with Crippen molar-refractivity contribution in [3.8, 4) is 0 Å². The molecule has 3 heteroatoms. The highest BCUT2D eigenvalue weighted by Gasteiger charge is 1.99. The third kappa shape index (κ3) is 3.30. The minimum Gasteiger partial charge on any atom is -0.364 e. The molecule has 0 fully saturated rings. The van der Waals surface area contributed by atoms with Crippen molar-refractivity contribution >= 4 is 22.0 Å². The Morgan fingerprint density at radius 3 is 2.31 bits per heavy atom. The highest BCUT2D eigenvalue weighted by atomic mass is 79.9. The molecule has 0 aromatic heterocycles. The minimum absolute atomic E-state index is 0.510. The van der Waals surface area contributed by atoms with Crippen LogP contribution >= 0.6 is 15.9 Å². The SMILES string of the molecule is OC(O)c1ccc(/C=C/CBr)cc1. The zero-order valence-corrected chi connectivity index (χ0v) is 8.61. The summed E-state index contributed by atoms with van der Waals surface area (Å²) in [4.78, 5) is 0. The van der Waals surface area contributed by atoms with Crippen LogP contribution in [0.3, 0.4) is 0 Å². The number of hydrogen-bond donors (Lipinski definition) is 2. The normalized spacial score (nSPS) is 11.4. The second-order valence-electron chi connectivity index (χ2n) is 2.60. The van der Waals surface area contributed by atoms with E-state index < -0.39 is 6.29 Å². The smallest absolute Gasteiger partial charge is 0.178 e. The molecule has 0 aliphatic heterocycles. The summed E-state index contributed by atoms with van der Waals surface area (Å²) in [6.45, 7) is 0. The Hall–Kier alpha value is -0.640. The average Bonchev–Trinajstić information content (AvgIpc) is 2.15. The fourth-order valence-corrected chi connectivity index (χ4v) is 1.15. The number of allylic oxidation sites excluding steroid dienone is 1. The van der Waals surface area contributed by atoms with Gasteiger partial charge in [0.05, 0.1) is 0 Å². The summed E-state index contributed by atoms with van der Waals surface area (Å²) in [5.74, 6) is 0. The van der Waals surface area contributed by atoms with E-state index in [4.69, 9.17) is 10.2 Å². The van der Waals surface area contributed by atoms with Gasteiger partial charge in [0.2, 0.25) is 0 Å². The highest BCUT2D eigenvalue weighted by molar-refractivity contribution is 9.09. The minimum atomic E-state index is -1.38. The lowest BCUT2D eigenvalue weighted by Crippen LogP contribution is -1.93. The highest BCUT2D eigenvalue weighted by Crippen LogP contribution is 2.11. The molecule has 0 saturated carbocycles. The van der Waals surface area contributed by atoms with Crippen LogP contribution in [0.4, 0.5) is 0 Å². The van der Waals surface area contributed by atoms with E-state index in [-0.39, 0.29) is 0 Å². The van der Waals surface area contributed by atoms with Gasteiger partial charge in [-0.2, -0.15) is 0 Å². The number of aliphatic hydroxyl groups excluding tert-OH is 1. The zero-order valence-electron chi connectivity index (χ0n) is 7.02. The fourth-order valence-electron chi connectivity index (χ4n) is 0.960. The number of benzene rings is 1. The molecular weight excluding hydrogens is 232 g/mol. The third-order valence-electron chi connectivity index (χ3n) is 1.63. The van der Waals surface area contributed by atoms with Crippen molar-refractivity contribution in [3.63, 3.8) is 0 Å². The first-order valence-electron chi connectivity index (χ1n) is 3.92. The quantitative estimate of drug-likeness (QED) is 0.630. The predicted octanol–water partition coefficient (Wildman–Crippen LogP) is 2.08. The molecule has 0 atom stereocenters. The topological polar surface area (TPSA) is 40.5 Å². The van der Waals surface area contributed by atoms with Gasteiger partial charge in [0.1, 0.15) is 0 Å². The maximum Gasteiger partial charge on any atom is 0.178 e. The van der Waals surface area contributed by atoms with E-state index >= 15 is 0 Å². The Bertz CT molecular complexity index is 277. The largest absolute Gasteiger partial charge is 0.364 e. The van der Waals surface area contributed by atoms with Gasteiger partial charge >= 0.3 is 0 Å². The Labute approximate surface area is 85.7 Å². The second-order valence-corrected chi connectivity index (χ2v) is 3.24.